The van der Waals surface area contributed by atoms with Gasteiger partial charge >= 0.3 is 12.4 Å². The summed E-state index contributed by atoms with van der Waals surface area (Å²) in [6.45, 7) is 0. The lowest BCUT2D eigenvalue weighted by atomic mass is 10.1. The number of nitrogens with two attached hydrogens (primary N) is 1. The number of aromatic nitrogens is 3. The minimum Gasteiger partial charge on any atom is -0.383 e. The molecule has 2 heterocycles. The van der Waals surface area contributed by atoms with Crippen LogP contribution in [0.4, 0.5) is 32.2 Å². The summed E-state index contributed by atoms with van der Waals surface area (Å²) < 4.78 is 79.3. The zero-order chi connectivity index (χ0) is 19.4. The van der Waals surface area contributed by atoms with Crippen molar-refractivity contribution in [3.8, 4) is 5.69 Å². The number of rotatable bonds is 1. The van der Waals surface area contributed by atoms with E-state index in [4.69, 9.17) is 28.9 Å². The van der Waals surface area contributed by atoms with Crippen LogP contribution in [0.1, 0.15) is 11.3 Å². The molecular weight excluding hydrogens is 409 g/mol. The summed E-state index contributed by atoms with van der Waals surface area (Å²) in [5.41, 5.74) is 1.62. The Kier molecular flexibility index (Phi) is 4.23. The van der Waals surface area contributed by atoms with Crippen LogP contribution in [0.5, 0.6) is 0 Å². The molecule has 0 amide bonds. The maximum absolute atomic E-state index is 13.3. The highest BCUT2D eigenvalue weighted by molar-refractivity contribution is 6.35. The number of nitrogens with zero attached hydrogens (tertiary/aromatic N) is 3. The van der Waals surface area contributed by atoms with Crippen molar-refractivity contribution < 1.29 is 26.3 Å². The molecule has 2 aromatic heterocycles. The van der Waals surface area contributed by atoms with Crippen LogP contribution in [0.25, 0.3) is 16.7 Å². The Hall–Kier alpha value is -2.20. The molecule has 0 aliphatic heterocycles. The number of nitrogen functional groups attached to an aromatic ring is 1. The Bertz CT molecular complexity index is 1010. The highest BCUT2D eigenvalue weighted by Crippen LogP contribution is 2.41. The van der Waals surface area contributed by atoms with Gasteiger partial charge in [-0.1, -0.05) is 23.2 Å². The van der Waals surface area contributed by atoms with Crippen molar-refractivity contribution in [3.05, 3.63) is 45.6 Å². The number of hydrogen-bond acceptors (Lipinski definition) is 3. The van der Waals surface area contributed by atoms with Gasteiger partial charge in [-0.25, -0.2) is 9.67 Å². The Morgan fingerprint density at radius 3 is 2.15 bits per heavy atom. The van der Waals surface area contributed by atoms with E-state index in [0.717, 1.165) is 4.68 Å². The van der Waals surface area contributed by atoms with Gasteiger partial charge in [-0.2, -0.15) is 26.3 Å². The van der Waals surface area contributed by atoms with Crippen LogP contribution >= 0.6 is 23.2 Å². The average Bonchev–Trinajstić information content (AvgIpc) is 2.81. The molecule has 0 unspecified atom stereocenters. The first-order chi connectivity index (χ1) is 11.9. The van der Waals surface area contributed by atoms with Gasteiger partial charge in [-0.05, 0) is 24.3 Å². The standard InChI is InChI=1S/C14H6Cl2F6N4/c15-5-1-2-8(7(16)3-5)26-11(23)10-6(13(17,18)19)4-9(14(20,21)22)24-12(10)25-26/h1-4H,23H2. The molecule has 138 valence electrons. The topological polar surface area (TPSA) is 56.7 Å². The third-order valence-electron chi connectivity index (χ3n) is 3.41. The lowest BCUT2D eigenvalue weighted by Gasteiger charge is -2.12. The van der Waals surface area contributed by atoms with E-state index >= 15 is 0 Å². The fourth-order valence-electron chi connectivity index (χ4n) is 2.32. The van der Waals surface area contributed by atoms with Gasteiger partial charge in [0, 0.05) is 5.02 Å². The molecule has 0 saturated carbocycles. The predicted molar refractivity (Wildman–Crippen MR) is 83.3 cm³/mol. The van der Waals surface area contributed by atoms with Gasteiger partial charge < -0.3 is 5.73 Å². The van der Waals surface area contributed by atoms with Crippen LogP contribution in [0.15, 0.2) is 24.3 Å². The van der Waals surface area contributed by atoms with Crippen molar-refractivity contribution in [2.24, 2.45) is 0 Å². The summed E-state index contributed by atoms with van der Waals surface area (Å²) in [5, 5.41) is 3.15. The minimum atomic E-state index is -5.10. The molecule has 0 radical (unpaired) electrons. The van der Waals surface area contributed by atoms with Crippen molar-refractivity contribution in [1.82, 2.24) is 14.8 Å². The number of halogens is 8. The Balaban J connectivity index is 2.38. The molecule has 0 atom stereocenters. The van der Waals surface area contributed by atoms with E-state index in [1.165, 1.54) is 18.2 Å². The molecule has 3 aromatic rings. The lowest BCUT2D eigenvalue weighted by molar-refractivity contribution is -0.144. The van der Waals surface area contributed by atoms with Gasteiger partial charge in [0.25, 0.3) is 0 Å². The zero-order valence-electron chi connectivity index (χ0n) is 12.3. The number of anilines is 1. The number of fused-ring (bicyclic) bond motifs is 1. The van der Waals surface area contributed by atoms with E-state index < -0.39 is 40.5 Å². The molecule has 26 heavy (non-hydrogen) atoms. The van der Waals surface area contributed by atoms with Crippen molar-refractivity contribution in [3.63, 3.8) is 0 Å². The molecule has 2 N–H and O–H groups in total. The molecule has 0 aliphatic rings. The molecule has 4 nitrogen and oxygen atoms in total. The molecule has 0 fully saturated rings. The quantitative estimate of drug-likeness (QED) is 0.546. The monoisotopic (exact) mass is 414 g/mol. The predicted octanol–water partition coefficient (Wildman–Crippen LogP) is 5.35. The molecule has 3 rings (SSSR count). The summed E-state index contributed by atoms with van der Waals surface area (Å²) >= 11 is 11.7. The van der Waals surface area contributed by atoms with Crippen LogP contribution in [-0.4, -0.2) is 14.8 Å². The number of alkyl halides is 6. The molecule has 0 aliphatic carbocycles. The molecule has 0 saturated heterocycles. The van der Waals surface area contributed by atoms with Gasteiger partial charge in [0.05, 0.1) is 21.7 Å². The first-order valence-electron chi connectivity index (χ1n) is 6.68. The lowest BCUT2D eigenvalue weighted by Crippen LogP contribution is -2.13. The zero-order valence-corrected chi connectivity index (χ0v) is 13.8. The van der Waals surface area contributed by atoms with Gasteiger partial charge in [0.1, 0.15) is 11.5 Å². The van der Waals surface area contributed by atoms with Gasteiger partial charge in [0.15, 0.2) is 5.65 Å². The van der Waals surface area contributed by atoms with E-state index in [-0.39, 0.29) is 21.8 Å². The van der Waals surface area contributed by atoms with Gasteiger partial charge in [-0.15, -0.1) is 5.10 Å². The average molecular weight is 415 g/mol. The smallest absolute Gasteiger partial charge is 0.383 e. The fourth-order valence-corrected chi connectivity index (χ4v) is 2.80. The second-order valence-corrected chi connectivity index (χ2v) is 5.99. The van der Waals surface area contributed by atoms with E-state index in [1.807, 2.05) is 0 Å². The molecule has 0 spiro atoms. The second-order valence-electron chi connectivity index (χ2n) is 5.14. The third-order valence-corrected chi connectivity index (χ3v) is 3.95. The summed E-state index contributed by atoms with van der Waals surface area (Å²) in [6, 6.07) is 3.86. The summed E-state index contributed by atoms with van der Waals surface area (Å²) in [5.74, 6) is -0.558. The Labute approximate surface area is 151 Å². The van der Waals surface area contributed by atoms with Gasteiger partial charge in [-0.3, -0.25) is 0 Å². The maximum atomic E-state index is 13.3. The Morgan fingerprint density at radius 2 is 1.62 bits per heavy atom. The van der Waals surface area contributed by atoms with Crippen LogP contribution < -0.4 is 5.73 Å². The van der Waals surface area contributed by atoms with E-state index in [1.54, 1.807) is 0 Å². The van der Waals surface area contributed by atoms with E-state index in [9.17, 15) is 26.3 Å². The molecule has 12 heteroatoms. The number of hydrogen-bond donors (Lipinski definition) is 1. The minimum absolute atomic E-state index is 0.0124. The third kappa shape index (κ3) is 3.14. The first-order valence-corrected chi connectivity index (χ1v) is 7.44. The summed E-state index contributed by atoms with van der Waals surface area (Å²) in [4.78, 5) is 3.17. The SMILES string of the molecule is Nc1c2c(C(F)(F)F)cc(C(F)(F)F)nc2nn1-c1ccc(Cl)cc1Cl. The number of pyridine rings is 1. The molecular formula is C14H6Cl2F6N4. The normalized spacial score (nSPS) is 12.8. The Morgan fingerprint density at radius 1 is 0.962 bits per heavy atom. The molecule has 0 bridgehead atoms. The highest BCUT2D eigenvalue weighted by atomic mass is 35.5. The fraction of sp³-hybridized carbons (Fsp3) is 0.143. The maximum Gasteiger partial charge on any atom is 0.433 e. The summed E-state index contributed by atoms with van der Waals surface area (Å²) in [6.07, 6.45) is -10.2. The van der Waals surface area contributed by atoms with E-state index in [2.05, 4.69) is 10.1 Å². The van der Waals surface area contributed by atoms with E-state index in [0.29, 0.717) is 0 Å². The second kappa shape index (κ2) is 5.92. The van der Waals surface area contributed by atoms with Crippen LogP contribution in [0, 0.1) is 0 Å². The van der Waals surface area contributed by atoms with Crippen LogP contribution in [-0.2, 0) is 12.4 Å². The first kappa shape index (κ1) is 18.6. The van der Waals surface area contributed by atoms with Crippen LogP contribution in [0.3, 0.4) is 0 Å². The highest BCUT2D eigenvalue weighted by Gasteiger charge is 2.41. The van der Waals surface area contributed by atoms with Gasteiger partial charge in [0.2, 0.25) is 0 Å². The van der Waals surface area contributed by atoms with Crippen molar-refractivity contribution in [2.45, 2.75) is 12.4 Å². The number of benzene rings is 1. The largest absolute Gasteiger partial charge is 0.433 e. The molecule has 1 aromatic carbocycles. The van der Waals surface area contributed by atoms with Crippen LogP contribution in [0.2, 0.25) is 10.0 Å². The summed E-state index contributed by atoms with van der Waals surface area (Å²) in [7, 11) is 0. The van der Waals surface area contributed by atoms with Crippen molar-refractivity contribution in [1.29, 1.82) is 0 Å². The van der Waals surface area contributed by atoms with Crippen molar-refractivity contribution in [2.75, 3.05) is 5.73 Å². The van der Waals surface area contributed by atoms with Crippen molar-refractivity contribution >= 4 is 40.1 Å².